The summed E-state index contributed by atoms with van der Waals surface area (Å²) in [5.74, 6) is -0.114. The highest BCUT2D eigenvalue weighted by molar-refractivity contribution is 7.90. The molecule has 29 heavy (non-hydrogen) atoms. The predicted octanol–water partition coefficient (Wildman–Crippen LogP) is 3.32. The van der Waals surface area contributed by atoms with Crippen molar-refractivity contribution in [3.05, 3.63) is 47.3 Å². The maximum absolute atomic E-state index is 13.5. The number of rotatable bonds is 3. The van der Waals surface area contributed by atoms with Crippen LogP contribution >= 0.6 is 0 Å². The molecule has 4 rings (SSSR count). The second-order valence-corrected chi connectivity index (χ2v) is 9.87. The molecule has 0 saturated carbocycles. The van der Waals surface area contributed by atoms with Gasteiger partial charge in [-0.1, -0.05) is 0 Å². The first-order valence-corrected chi connectivity index (χ1v) is 11.6. The van der Waals surface area contributed by atoms with Gasteiger partial charge >= 0.3 is 0 Å². The van der Waals surface area contributed by atoms with Crippen LogP contribution in [0, 0.1) is 6.92 Å². The molecule has 2 aromatic heterocycles. The number of fused-ring (bicyclic) bond motifs is 2. The number of carbonyl (C=O) groups is 1. The molecule has 0 N–H and O–H groups in total. The second kappa shape index (κ2) is 6.95. The summed E-state index contributed by atoms with van der Waals surface area (Å²) in [5.41, 5.74) is 3.68. The van der Waals surface area contributed by atoms with Gasteiger partial charge in [0.05, 0.1) is 22.0 Å². The smallest absolute Gasteiger partial charge is 0.259 e. The third-order valence-corrected chi connectivity index (χ3v) is 6.37. The van der Waals surface area contributed by atoms with Crippen LogP contribution in [0.5, 0.6) is 0 Å². The lowest BCUT2D eigenvalue weighted by molar-refractivity contribution is 0.0986. The molecule has 0 unspecified atom stereocenters. The Morgan fingerprint density at radius 2 is 1.97 bits per heavy atom. The summed E-state index contributed by atoms with van der Waals surface area (Å²) in [4.78, 5) is 20.1. The second-order valence-electron chi connectivity index (χ2n) is 7.85. The van der Waals surface area contributed by atoms with Crippen LogP contribution in [0.15, 0.2) is 35.4 Å². The third-order valence-electron chi connectivity index (χ3n) is 5.26. The third kappa shape index (κ3) is 3.42. The maximum atomic E-state index is 13.5. The minimum atomic E-state index is -3.29. The fourth-order valence-electron chi connectivity index (χ4n) is 3.86. The van der Waals surface area contributed by atoms with E-state index >= 15 is 0 Å². The topological polar surface area (TPSA) is 85.2 Å². The highest BCUT2D eigenvalue weighted by atomic mass is 32.2. The molecule has 0 saturated heterocycles. The van der Waals surface area contributed by atoms with Crippen LogP contribution in [-0.2, 0) is 16.3 Å². The summed E-state index contributed by atoms with van der Waals surface area (Å²) in [7, 11) is -3.29. The number of nitrogens with zero attached hydrogens (tertiary/aromatic N) is 4. The highest BCUT2D eigenvalue weighted by Gasteiger charge is 2.27. The van der Waals surface area contributed by atoms with E-state index in [2.05, 4.69) is 10.1 Å². The molecule has 1 aromatic carbocycles. The van der Waals surface area contributed by atoms with Crippen LogP contribution in [0.4, 0.5) is 5.69 Å². The van der Waals surface area contributed by atoms with E-state index in [0.717, 1.165) is 35.2 Å². The normalized spacial score (nSPS) is 14.4. The van der Waals surface area contributed by atoms with Crippen LogP contribution in [0.3, 0.4) is 0 Å². The van der Waals surface area contributed by atoms with Gasteiger partial charge < -0.3 is 4.90 Å². The molecule has 0 fully saturated rings. The Balaban J connectivity index is 1.81. The Morgan fingerprint density at radius 1 is 1.21 bits per heavy atom. The van der Waals surface area contributed by atoms with Crippen molar-refractivity contribution in [2.75, 3.05) is 17.7 Å². The lowest BCUT2D eigenvalue weighted by atomic mass is 10.0. The average Bonchev–Trinajstić information content (AvgIpc) is 3.09. The molecule has 1 aliphatic heterocycles. The monoisotopic (exact) mass is 412 g/mol. The number of pyridine rings is 1. The average molecular weight is 413 g/mol. The van der Waals surface area contributed by atoms with Crippen molar-refractivity contribution in [2.45, 2.75) is 44.6 Å². The molecule has 3 heterocycles. The van der Waals surface area contributed by atoms with Gasteiger partial charge in [-0.25, -0.2) is 18.1 Å². The van der Waals surface area contributed by atoms with Gasteiger partial charge in [0.25, 0.3) is 5.91 Å². The summed E-state index contributed by atoms with van der Waals surface area (Å²) in [5, 5.41) is 5.15. The molecular weight excluding hydrogens is 388 g/mol. The molecular formula is C21H24N4O3S. The number of amides is 1. The zero-order chi connectivity index (χ0) is 20.9. The van der Waals surface area contributed by atoms with Gasteiger partial charge in [-0.3, -0.25) is 4.79 Å². The van der Waals surface area contributed by atoms with Crippen LogP contribution < -0.4 is 4.90 Å². The fraction of sp³-hybridized carbons (Fsp3) is 0.381. The number of aromatic nitrogens is 3. The van der Waals surface area contributed by atoms with Crippen molar-refractivity contribution in [1.82, 2.24) is 14.8 Å². The minimum Gasteiger partial charge on any atom is -0.308 e. The maximum Gasteiger partial charge on any atom is 0.259 e. The molecule has 0 aliphatic carbocycles. The number of carbonyl (C=O) groups excluding carboxylic acids is 1. The first kappa shape index (κ1) is 19.6. The lowest BCUT2D eigenvalue weighted by Crippen LogP contribution is -2.35. The van der Waals surface area contributed by atoms with Crippen LogP contribution in [0.2, 0.25) is 0 Å². The van der Waals surface area contributed by atoms with E-state index in [1.54, 1.807) is 35.4 Å². The Hall–Kier alpha value is -2.74. The summed E-state index contributed by atoms with van der Waals surface area (Å²) in [6.07, 6.45) is 4.43. The molecule has 3 aromatic rings. The highest BCUT2D eigenvalue weighted by Crippen LogP contribution is 2.32. The Kier molecular flexibility index (Phi) is 4.69. The molecule has 0 atom stereocenters. The minimum absolute atomic E-state index is 0.114. The molecule has 1 amide bonds. The largest absolute Gasteiger partial charge is 0.308 e. The van der Waals surface area contributed by atoms with E-state index in [1.807, 2.05) is 25.5 Å². The Labute approximate surface area is 170 Å². The van der Waals surface area contributed by atoms with Crippen molar-refractivity contribution in [3.8, 4) is 0 Å². The van der Waals surface area contributed by atoms with Gasteiger partial charge in [0.15, 0.2) is 15.5 Å². The molecule has 8 heteroatoms. The number of aryl methyl sites for hydroxylation is 2. The number of benzene rings is 1. The first-order valence-electron chi connectivity index (χ1n) is 9.66. The number of anilines is 1. The van der Waals surface area contributed by atoms with E-state index < -0.39 is 9.84 Å². The fourth-order valence-corrected chi connectivity index (χ4v) is 4.53. The first-order chi connectivity index (χ1) is 13.7. The quantitative estimate of drug-likeness (QED) is 0.659. The zero-order valence-electron chi connectivity index (χ0n) is 17.0. The van der Waals surface area contributed by atoms with E-state index in [-0.39, 0.29) is 16.8 Å². The van der Waals surface area contributed by atoms with Gasteiger partial charge in [0.1, 0.15) is 0 Å². The van der Waals surface area contributed by atoms with Gasteiger partial charge in [0, 0.05) is 30.2 Å². The van der Waals surface area contributed by atoms with Crippen LogP contribution in [0.25, 0.3) is 11.0 Å². The van der Waals surface area contributed by atoms with Crippen molar-refractivity contribution in [1.29, 1.82) is 0 Å². The van der Waals surface area contributed by atoms with Gasteiger partial charge in [-0.05, 0) is 63.4 Å². The van der Waals surface area contributed by atoms with Gasteiger partial charge in [-0.2, -0.15) is 5.10 Å². The van der Waals surface area contributed by atoms with Crippen molar-refractivity contribution >= 4 is 32.5 Å². The summed E-state index contributed by atoms with van der Waals surface area (Å²) < 4.78 is 25.6. The Bertz CT molecular complexity index is 1230. The molecule has 0 radical (unpaired) electrons. The van der Waals surface area contributed by atoms with E-state index in [1.165, 1.54) is 6.26 Å². The number of hydrogen-bond acceptors (Lipinski definition) is 5. The predicted molar refractivity (Wildman–Crippen MR) is 112 cm³/mol. The lowest BCUT2D eigenvalue weighted by Gasteiger charge is -2.30. The Morgan fingerprint density at radius 3 is 2.66 bits per heavy atom. The summed E-state index contributed by atoms with van der Waals surface area (Å²) in [6.45, 7) is 6.51. The van der Waals surface area contributed by atoms with Crippen molar-refractivity contribution < 1.29 is 13.2 Å². The van der Waals surface area contributed by atoms with Crippen molar-refractivity contribution in [3.63, 3.8) is 0 Å². The molecule has 152 valence electrons. The van der Waals surface area contributed by atoms with Gasteiger partial charge in [0.2, 0.25) is 0 Å². The summed E-state index contributed by atoms with van der Waals surface area (Å²) >= 11 is 0. The SMILES string of the molecule is Cc1cc(C(=O)N2CCCc3cc(S(C)(=O)=O)ccc32)c2cnn(C(C)C)c2n1. The van der Waals surface area contributed by atoms with E-state index in [4.69, 9.17) is 0 Å². The van der Waals surface area contributed by atoms with E-state index in [0.29, 0.717) is 17.8 Å². The molecule has 0 bridgehead atoms. The summed E-state index contributed by atoms with van der Waals surface area (Å²) in [6, 6.07) is 6.94. The van der Waals surface area contributed by atoms with Crippen LogP contribution in [-0.4, -0.2) is 41.9 Å². The molecule has 1 aliphatic rings. The van der Waals surface area contributed by atoms with E-state index in [9.17, 15) is 13.2 Å². The molecule has 0 spiro atoms. The zero-order valence-corrected chi connectivity index (χ0v) is 17.8. The number of sulfone groups is 1. The van der Waals surface area contributed by atoms with Gasteiger partial charge in [-0.15, -0.1) is 0 Å². The molecule has 7 nitrogen and oxygen atoms in total. The standard InChI is InChI=1S/C21H24N4O3S/c1-13(2)25-20-18(12-22-25)17(10-14(3)23-20)21(26)24-9-5-6-15-11-16(29(4,27)28)7-8-19(15)24/h7-8,10-13H,5-6,9H2,1-4H3. The number of hydrogen-bond donors (Lipinski definition) is 0. The van der Waals surface area contributed by atoms with Crippen LogP contribution in [0.1, 0.15) is 47.9 Å². The van der Waals surface area contributed by atoms with Crippen molar-refractivity contribution in [2.24, 2.45) is 0 Å².